The Hall–Kier alpha value is -2.22. The fraction of sp³-hybridized carbons (Fsp3) is 0.0909. The number of nitrogens with zero attached hydrogens (tertiary/aromatic N) is 3. The number of hydrogen-bond acceptors (Lipinski definition) is 4. The van der Waals surface area contributed by atoms with Crippen molar-refractivity contribution < 1.29 is 18.1 Å². The van der Waals surface area contributed by atoms with E-state index in [9.17, 15) is 23.3 Å². The average molecular weight is 304 g/mol. The number of benzene rings is 1. The summed E-state index contributed by atoms with van der Waals surface area (Å²) < 4.78 is 38.8. The van der Waals surface area contributed by atoms with E-state index in [4.69, 9.17) is 11.6 Å². The maximum Gasteiger partial charge on any atom is 0.417 e. The minimum atomic E-state index is -4.66. The molecule has 0 radical (unpaired) electrons. The van der Waals surface area contributed by atoms with Crippen LogP contribution in [0, 0.1) is 10.1 Å². The zero-order chi connectivity index (χ0) is 14.9. The Labute approximate surface area is 115 Å². The number of rotatable bonds is 2. The number of hydrogen-bond donors (Lipinski definition) is 0. The summed E-state index contributed by atoms with van der Waals surface area (Å²) in [5.74, 6) is 0. The molecule has 1 heterocycles. The van der Waals surface area contributed by atoms with Crippen LogP contribution in [0.5, 0.6) is 0 Å². The van der Waals surface area contributed by atoms with Crippen molar-refractivity contribution in [2.45, 2.75) is 6.18 Å². The number of aromatic nitrogens is 2. The second kappa shape index (κ2) is 5.04. The summed E-state index contributed by atoms with van der Waals surface area (Å²) in [5.41, 5.74) is -2.57. The molecule has 104 valence electrons. The van der Waals surface area contributed by atoms with Gasteiger partial charge in [-0.05, 0) is 17.7 Å². The van der Waals surface area contributed by atoms with Gasteiger partial charge in [0.05, 0.1) is 10.5 Å². The summed E-state index contributed by atoms with van der Waals surface area (Å²) in [6.45, 7) is 0. The lowest BCUT2D eigenvalue weighted by molar-refractivity contribution is -0.384. The van der Waals surface area contributed by atoms with Crippen LogP contribution in [0.4, 0.5) is 18.9 Å². The normalized spacial score (nSPS) is 11.4. The lowest BCUT2D eigenvalue weighted by Crippen LogP contribution is -2.08. The van der Waals surface area contributed by atoms with E-state index in [0.29, 0.717) is 0 Å². The SMILES string of the molecule is O=[N+]([O-])c1cnc(Cl)nc1-c1ccccc1C(F)(F)F. The van der Waals surface area contributed by atoms with E-state index in [2.05, 4.69) is 9.97 Å². The Kier molecular flexibility index (Phi) is 3.58. The van der Waals surface area contributed by atoms with Crippen molar-refractivity contribution >= 4 is 17.3 Å². The zero-order valence-electron chi connectivity index (χ0n) is 9.56. The van der Waals surface area contributed by atoms with Gasteiger partial charge in [-0.1, -0.05) is 18.2 Å². The summed E-state index contributed by atoms with van der Waals surface area (Å²) in [6, 6.07) is 4.41. The predicted molar refractivity (Wildman–Crippen MR) is 64.1 cm³/mol. The molecule has 0 N–H and O–H groups in total. The molecule has 0 bridgehead atoms. The van der Waals surface area contributed by atoms with Crippen LogP contribution in [0.3, 0.4) is 0 Å². The number of alkyl halides is 3. The molecule has 0 saturated carbocycles. The van der Waals surface area contributed by atoms with Crippen LogP contribution in [-0.2, 0) is 6.18 Å². The van der Waals surface area contributed by atoms with Gasteiger partial charge in [-0.2, -0.15) is 13.2 Å². The molecule has 0 fully saturated rings. The van der Waals surface area contributed by atoms with Gasteiger partial charge in [0.1, 0.15) is 6.20 Å². The van der Waals surface area contributed by atoms with Gasteiger partial charge >= 0.3 is 11.9 Å². The lowest BCUT2D eigenvalue weighted by atomic mass is 10.0. The first-order chi connectivity index (χ1) is 9.30. The van der Waals surface area contributed by atoms with Crippen molar-refractivity contribution in [3.05, 3.63) is 51.4 Å². The topological polar surface area (TPSA) is 68.9 Å². The van der Waals surface area contributed by atoms with Crippen molar-refractivity contribution in [1.29, 1.82) is 0 Å². The van der Waals surface area contributed by atoms with E-state index >= 15 is 0 Å². The van der Waals surface area contributed by atoms with Crippen LogP contribution in [-0.4, -0.2) is 14.9 Å². The molecular formula is C11H5ClF3N3O2. The fourth-order valence-corrected chi connectivity index (χ4v) is 1.76. The maximum atomic E-state index is 12.9. The van der Waals surface area contributed by atoms with Crippen molar-refractivity contribution in [3.63, 3.8) is 0 Å². The molecule has 0 aliphatic heterocycles. The van der Waals surface area contributed by atoms with Crippen LogP contribution >= 0.6 is 11.6 Å². The Morgan fingerprint density at radius 1 is 1.25 bits per heavy atom. The summed E-state index contributed by atoms with van der Waals surface area (Å²) >= 11 is 5.51. The van der Waals surface area contributed by atoms with Gasteiger partial charge in [-0.15, -0.1) is 0 Å². The molecular weight excluding hydrogens is 299 g/mol. The van der Waals surface area contributed by atoms with Crippen LogP contribution in [0.15, 0.2) is 30.5 Å². The summed E-state index contributed by atoms with van der Waals surface area (Å²) in [6.07, 6.45) is -3.89. The van der Waals surface area contributed by atoms with Gasteiger partial charge in [0.15, 0.2) is 5.69 Å². The van der Waals surface area contributed by atoms with E-state index in [1.165, 1.54) is 12.1 Å². The van der Waals surface area contributed by atoms with E-state index in [1.54, 1.807) is 0 Å². The summed E-state index contributed by atoms with van der Waals surface area (Å²) in [5, 5.41) is 10.5. The van der Waals surface area contributed by atoms with Crippen LogP contribution in [0.1, 0.15) is 5.56 Å². The Morgan fingerprint density at radius 3 is 2.50 bits per heavy atom. The molecule has 1 aromatic heterocycles. The molecule has 0 saturated heterocycles. The Bertz CT molecular complexity index is 676. The van der Waals surface area contributed by atoms with Gasteiger partial charge in [0, 0.05) is 5.56 Å². The van der Waals surface area contributed by atoms with E-state index in [-0.39, 0.29) is 5.28 Å². The fourth-order valence-electron chi connectivity index (χ4n) is 1.62. The molecule has 2 rings (SSSR count). The van der Waals surface area contributed by atoms with Gasteiger partial charge in [-0.25, -0.2) is 9.97 Å². The third kappa shape index (κ3) is 2.69. The van der Waals surface area contributed by atoms with Crippen molar-refractivity contribution in [1.82, 2.24) is 9.97 Å². The van der Waals surface area contributed by atoms with E-state index in [0.717, 1.165) is 18.3 Å². The highest BCUT2D eigenvalue weighted by Gasteiger charge is 2.35. The monoisotopic (exact) mass is 303 g/mol. The molecule has 0 atom stereocenters. The number of halogens is 4. The molecule has 20 heavy (non-hydrogen) atoms. The molecule has 9 heteroatoms. The highest BCUT2D eigenvalue weighted by atomic mass is 35.5. The average Bonchev–Trinajstić information content (AvgIpc) is 2.37. The first kappa shape index (κ1) is 14.2. The van der Waals surface area contributed by atoms with Crippen molar-refractivity contribution in [2.24, 2.45) is 0 Å². The standard InChI is InChI=1S/C11H5ClF3N3O2/c12-10-16-5-8(18(19)20)9(17-10)6-3-1-2-4-7(6)11(13,14)15/h1-5H. The molecule has 0 unspecified atom stereocenters. The minimum Gasteiger partial charge on any atom is -0.258 e. The van der Waals surface area contributed by atoms with Crippen molar-refractivity contribution in [3.8, 4) is 11.3 Å². The molecule has 0 aliphatic carbocycles. The second-order valence-electron chi connectivity index (χ2n) is 3.67. The Balaban J connectivity index is 2.75. The number of nitro groups is 1. The zero-order valence-corrected chi connectivity index (χ0v) is 10.3. The van der Waals surface area contributed by atoms with Crippen LogP contribution in [0.2, 0.25) is 5.28 Å². The highest BCUT2D eigenvalue weighted by Crippen LogP contribution is 2.39. The van der Waals surface area contributed by atoms with Crippen molar-refractivity contribution in [2.75, 3.05) is 0 Å². The molecule has 1 aromatic carbocycles. The minimum absolute atomic E-state index is 0.373. The highest BCUT2D eigenvalue weighted by molar-refractivity contribution is 6.28. The lowest BCUT2D eigenvalue weighted by Gasteiger charge is -2.12. The summed E-state index contributed by atoms with van der Waals surface area (Å²) in [4.78, 5) is 17.0. The van der Waals surface area contributed by atoms with Crippen LogP contribution in [0.25, 0.3) is 11.3 Å². The second-order valence-corrected chi connectivity index (χ2v) is 4.01. The van der Waals surface area contributed by atoms with Gasteiger partial charge in [0.25, 0.3) is 0 Å². The first-order valence-corrected chi connectivity index (χ1v) is 5.52. The smallest absolute Gasteiger partial charge is 0.258 e. The third-order valence-corrected chi connectivity index (χ3v) is 2.61. The molecule has 2 aromatic rings. The summed E-state index contributed by atoms with van der Waals surface area (Å²) in [7, 11) is 0. The quantitative estimate of drug-likeness (QED) is 0.481. The van der Waals surface area contributed by atoms with Gasteiger partial charge in [0.2, 0.25) is 5.28 Å². The largest absolute Gasteiger partial charge is 0.417 e. The Morgan fingerprint density at radius 2 is 1.90 bits per heavy atom. The molecule has 0 spiro atoms. The van der Waals surface area contributed by atoms with Gasteiger partial charge in [-0.3, -0.25) is 10.1 Å². The molecule has 0 aliphatic rings. The van der Waals surface area contributed by atoms with E-state index in [1.807, 2.05) is 0 Å². The molecule has 0 amide bonds. The van der Waals surface area contributed by atoms with Crippen LogP contribution < -0.4 is 0 Å². The maximum absolute atomic E-state index is 12.9. The predicted octanol–water partition coefficient (Wildman–Crippen LogP) is 3.72. The van der Waals surface area contributed by atoms with Gasteiger partial charge < -0.3 is 0 Å². The first-order valence-electron chi connectivity index (χ1n) is 5.14. The molecule has 5 nitrogen and oxygen atoms in total. The van der Waals surface area contributed by atoms with E-state index < -0.39 is 33.6 Å². The third-order valence-electron chi connectivity index (χ3n) is 2.42.